The summed E-state index contributed by atoms with van der Waals surface area (Å²) in [5.41, 5.74) is 9.42. The van der Waals surface area contributed by atoms with E-state index < -0.39 is 0 Å². The first-order valence-electron chi connectivity index (χ1n) is 10.5. The molecule has 0 amide bonds. The maximum absolute atomic E-state index is 12.6. The topological polar surface area (TPSA) is 93.8 Å². The van der Waals surface area contributed by atoms with Crippen LogP contribution in [0.15, 0.2) is 36.4 Å². The summed E-state index contributed by atoms with van der Waals surface area (Å²) in [6, 6.07) is 11.3. The molecule has 1 atom stereocenters. The number of ether oxygens (including phenoxy) is 2. The zero-order valence-electron chi connectivity index (χ0n) is 18.2. The van der Waals surface area contributed by atoms with Gasteiger partial charge in [-0.3, -0.25) is 10.1 Å². The molecule has 30 heavy (non-hydrogen) atoms. The maximum Gasteiger partial charge on any atom is 0.168 e. The number of Topliss-reactive ketones (excluding diaryl/α,β-unsaturated/α-hetero) is 1. The van der Waals surface area contributed by atoms with E-state index in [0.717, 1.165) is 35.1 Å². The molecule has 164 valence electrons. The van der Waals surface area contributed by atoms with Crippen LogP contribution in [-0.2, 0) is 22.5 Å². The Morgan fingerprint density at radius 3 is 2.53 bits per heavy atom. The minimum atomic E-state index is -0.0624. The average molecular weight is 415 g/mol. The van der Waals surface area contributed by atoms with Crippen LogP contribution in [-0.4, -0.2) is 37.9 Å². The van der Waals surface area contributed by atoms with Gasteiger partial charge in [0.1, 0.15) is 5.78 Å². The molecule has 0 heterocycles. The number of rotatable bonds is 13. The normalized spacial score (nSPS) is 12.0. The van der Waals surface area contributed by atoms with Crippen LogP contribution in [0.2, 0.25) is 0 Å². The van der Waals surface area contributed by atoms with E-state index in [1.54, 1.807) is 6.07 Å². The molecule has 0 aromatic heterocycles. The molecule has 2 rings (SSSR count). The van der Waals surface area contributed by atoms with Crippen LogP contribution < -0.4 is 15.8 Å². The summed E-state index contributed by atoms with van der Waals surface area (Å²) < 4.78 is 11.2. The Hall–Kier alpha value is -2.41. The van der Waals surface area contributed by atoms with Crippen molar-refractivity contribution >= 4 is 5.78 Å². The molecular formula is C24H34N2O4. The van der Waals surface area contributed by atoms with Crippen molar-refractivity contribution in [3.63, 3.8) is 0 Å². The number of ketones is 1. The van der Waals surface area contributed by atoms with E-state index in [1.807, 2.05) is 37.4 Å². The van der Waals surface area contributed by atoms with Gasteiger partial charge >= 0.3 is 0 Å². The summed E-state index contributed by atoms with van der Waals surface area (Å²) in [5.74, 6) is 0.664. The third-order valence-corrected chi connectivity index (χ3v) is 5.11. The number of carbonyl (C=O) groups excluding carboxylic acids is 1. The number of nitrogens with one attached hydrogen (secondary N) is 1. The van der Waals surface area contributed by atoms with Crippen molar-refractivity contribution in [1.29, 1.82) is 0 Å². The van der Waals surface area contributed by atoms with Gasteiger partial charge in [0, 0.05) is 24.9 Å². The Bertz CT molecular complexity index is 806. The highest BCUT2D eigenvalue weighted by molar-refractivity contribution is 5.81. The molecule has 0 aliphatic carbocycles. The van der Waals surface area contributed by atoms with Gasteiger partial charge in [0.2, 0.25) is 0 Å². The number of aromatic hydroxyl groups is 1. The lowest BCUT2D eigenvalue weighted by molar-refractivity contribution is -0.122. The molecule has 0 aliphatic heterocycles. The van der Waals surface area contributed by atoms with E-state index in [2.05, 4.69) is 12.2 Å². The third-order valence-electron chi connectivity index (χ3n) is 5.11. The summed E-state index contributed by atoms with van der Waals surface area (Å²) in [7, 11) is 3.36. The fourth-order valence-corrected chi connectivity index (χ4v) is 3.55. The van der Waals surface area contributed by atoms with Crippen molar-refractivity contribution in [2.45, 2.75) is 51.7 Å². The first-order valence-corrected chi connectivity index (χ1v) is 10.5. The molecule has 0 bridgehead atoms. The Morgan fingerprint density at radius 2 is 1.93 bits per heavy atom. The number of hydrogen-bond donors (Lipinski definition) is 3. The molecular weight excluding hydrogens is 380 g/mol. The lowest BCUT2D eigenvalue weighted by Crippen LogP contribution is -2.23. The average Bonchev–Trinajstić information content (AvgIpc) is 2.76. The predicted molar refractivity (Wildman–Crippen MR) is 120 cm³/mol. The van der Waals surface area contributed by atoms with E-state index in [-0.39, 0.29) is 17.6 Å². The van der Waals surface area contributed by atoms with E-state index in [0.29, 0.717) is 38.3 Å². The Balaban J connectivity index is 2.19. The summed E-state index contributed by atoms with van der Waals surface area (Å²) in [4.78, 5) is 12.6. The van der Waals surface area contributed by atoms with Crippen LogP contribution >= 0.6 is 0 Å². The molecule has 6 heteroatoms. The van der Waals surface area contributed by atoms with Gasteiger partial charge < -0.3 is 20.3 Å². The van der Waals surface area contributed by atoms with Gasteiger partial charge in [-0.2, -0.15) is 0 Å². The Kier molecular flexibility index (Phi) is 9.80. The van der Waals surface area contributed by atoms with Gasteiger partial charge in [0.25, 0.3) is 0 Å². The summed E-state index contributed by atoms with van der Waals surface area (Å²) in [5, 5.41) is 13.2. The minimum absolute atomic E-state index is 0.0624. The van der Waals surface area contributed by atoms with E-state index >= 15 is 0 Å². The van der Waals surface area contributed by atoms with Crippen LogP contribution in [0.5, 0.6) is 11.5 Å². The van der Waals surface area contributed by atoms with Gasteiger partial charge in [-0.1, -0.05) is 43.7 Å². The highest BCUT2D eigenvalue weighted by Gasteiger charge is 2.18. The second kappa shape index (κ2) is 12.3. The molecule has 1 unspecified atom stereocenters. The fraction of sp³-hybridized carbons (Fsp3) is 0.458. The van der Waals surface area contributed by atoms with Crippen molar-refractivity contribution in [2.75, 3.05) is 20.9 Å². The van der Waals surface area contributed by atoms with Crippen molar-refractivity contribution in [2.24, 2.45) is 5.73 Å². The largest absolute Gasteiger partial charge is 0.504 e. The lowest BCUT2D eigenvalue weighted by atomic mass is 9.93. The SMILES string of the molecule is CCCC(CC(=O)CCc1ccc(O)c(OC)c1-c1ccc(CN)cc1)OCNC. The summed E-state index contributed by atoms with van der Waals surface area (Å²) in [6.45, 7) is 2.99. The smallest absolute Gasteiger partial charge is 0.168 e. The van der Waals surface area contributed by atoms with E-state index in [9.17, 15) is 9.90 Å². The quantitative estimate of drug-likeness (QED) is 0.432. The second-order valence-corrected chi connectivity index (χ2v) is 7.37. The maximum atomic E-state index is 12.6. The molecule has 0 fully saturated rings. The number of aryl methyl sites for hydroxylation is 1. The van der Waals surface area contributed by atoms with Gasteiger partial charge in [-0.25, -0.2) is 0 Å². The first kappa shape index (κ1) is 23.9. The number of phenols is 1. The van der Waals surface area contributed by atoms with Gasteiger partial charge in [0.05, 0.1) is 19.9 Å². The standard InChI is InChI=1S/C24H34N2O4/c1-4-5-21(30-16-26-2)14-20(27)12-10-19-11-13-22(28)24(29-3)23(19)18-8-6-17(15-25)7-9-18/h6-9,11,13,21,26,28H,4-5,10,12,14-16,25H2,1-3H3. The molecule has 4 N–H and O–H groups in total. The van der Waals surface area contributed by atoms with Crippen LogP contribution in [0, 0.1) is 0 Å². The van der Waals surface area contributed by atoms with E-state index in [4.69, 9.17) is 15.2 Å². The van der Waals surface area contributed by atoms with Crippen molar-refractivity contribution in [1.82, 2.24) is 5.32 Å². The molecule has 0 saturated heterocycles. The molecule has 0 saturated carbocycles. The van der Waals surface area contributed by atoms with Crippen LogP contribution in [0.4, 0.5) is 0 Å². The van der Waals surface area contributed by atoms with Crippen LogP contribution in [0.3, 0.4) is 0 Å². The second-order valence-electron chi connectivity index (χ2n) is 7.37. The third kappa shape index (κ3) is 6.55. The fourth-order valence-electron chi connectivity index (χ4n) is 3.55. The van der Waals surface area contributed by atoms with Gasteiger partial charge in [0.15, 0.2) is 11.5 Å². The van der Waals surface area contributed by atoms with Crippen LogP contribution in [0.25, 0.3) is 11.1 Å². The molecule has 2 aromatic rings. The summed E-state index contributed by atoms with van der Waals surface area (Å²) >= 11 is 0. The highest BCUT2D eigenvalue weighted by atomic mass is 16.5. The number of phenolic OH excluding ortho intramolecular Hbond substituents is 1. The number of nitrogens with two attached hydrogens (primary N) is 1. The van der Waals surface area contributed by atoms with Crippen molar-refractivity contribution in [3.8, 4) is 22.6 Å². The molecule has 0 radical (unpaired) electrons. The number of hydrogen-bond acceptors (Lipinski definition) is 6. The molecule has 0 aliphatic rings. The van der Waals surface area contributed by atoms with Crippen molar-refractivity contribution in [3.05, 3.63) is 47.5 Å². The number of benzene rings is 2. The number of carbonyl (C=O) groups is 1. The first-order chi connectivity index (χ1) is 14.5. The minimum Gasteiger partial charge on any atom is -0.504 e. The number of methoxy groups -OCH3 is 1. The molecule has 0 spiro atoms. The molecule has 6 nitrogen and oxygen atoms in total. The highest BCUT2D eigenvalue weighted by Crippen LogP contribution is 2.40. The van der Waals surface area contributed by atoms with Gasteiger partial charge in [-0.05, 0) is 42.6 Å². The zero-order chi connectivity index (χ0) is 21.9. The van der Waals surface area contributed by atoms with Crippen LogP contribution in [0.1, 0.15) is 43.7 Å². The molecule has 2 aromatic carbocycles. The van der Waals surface area contributed by atoms with Gasteiger partial charge in [-0.15, -0.1) is 0 Å². The Morgan fingerprint density at radius 1 is 1.20 bits per heavy atom. The van der Waals surface area contributed by atoms with Crippen molar-refractivity contribution < 1.29 is 19.4 Å². The van der Waals surface area contributed by atoms with E-state index in [1.165, 1.54) is 7.11 Å². The monoisotopic (exact) mass is 414 g/mol. The summed E-state index contributed by atoms with van der Waals surface area (Å²) in [6.07, 6.45) is 3.15. The Labute approximate surface area is 179 Å². The predicted octanol–water partition coefficient (Wildman–Crippen LogP) is 3.78. The lowest BCUT2D eigenvalue weighted by Gasteiger charge is -2.18. The zero-order valence-corrected chi connectivity index (χ0v) is 18.2.